The fourth-order valence-corrected chi connectivity index (χ4v) is 3.11. The summed E-state index contributed by atoms with van der Waals surface area (Å²) in [5.41, 5.74) is 9.90. The minimum atomic E-state index is -0.503. The Labute approximate surface area is 180 Å². The van der Waals surface area contributed by atoms with Gasteiger partial charge in [-0.2, -0.15) is 5.26 Å². The van der Waals surface area contributed by atoms with E-state index in [0.717, 1.165) is 21.6 Å². The maximum atomic E-state index is 12.4. The van der Waals surface area contributed by atoms with E-state index in [1.807, 2.05) is 38.1 Å². The number of aryl methyl sites for hydroxylation is 1. The lowest BCUT2D eigenvalue weighted by Gasteiger charge is -2.09. The van der Waals surface area contributed by atoms with Crippen LogP contribution in [-0.2, 0) is 0 Å². The fraction of sp³-hybridized carbons (Fsp3) is 0.0833. The number of nitriles is 1. The Hall–Kier alpha value is -4.44. The number of carbonyl (C=O) groups excluding carboxylic acids is 1. The van der Waals surface area contributed by atoms with Crippen LogP contribution in [0.3, 0.4) is 0 Å². The molecule has 3 aromatic rings. The number of para-hydroxylation sites is 1. The fourth-order valence-electron chi connectivity index (χ4n) is 3.11. The highest BCUT2D eigenvalue weighted by Gasteiger charge is 2.08. The van der Waals surface area contributed by atoms with Gasteiger partial charge in [0.25, 0.3) is 0 Å². The molecule has 0 radical (unpaired) electrons. The number of nitrogen functional groups attached to an aromatic ring is 1. The van der Waals surface area contributed by atoms with Gasteiger partial charge in [-0.1, -0.05) is 24.8 Å². The van der Waals surface area contributed by atoms with Crippen molar-refractivity contribution in [2.75, 3.05) is 11.1 Å². The Balaban J connectivity index is 1.91. The Morgan fingerprint density at radius 2 is 2.06 bits per heavy atom. The number of rotatable bonds is 4. The van der Waals surface area contributed by atoms with Crippen molar-refractivity contribution >= 4 is 29.7 Å². The SMILES string of the molecule is C=C(/C=c1/cc(-c2cnccc2C)nc(N)/c1=C/C)NC(=O)Nc1ccccc1C#N. The maximum Gasteiger partial charge on any atom is 0.323 e. The molecular formula is C24H22N6O. The van der Waals surface area contributed by atoms with Gasteiger partial charge in [0, 0.05) is 28.9 Å². The summed E-state index contributed by atoms with van der Waals surface area (Å²) in [4.78, 5) is 21.0. The van der Waals surface area contributed by atoms with E-state index in [1.54, 1.807) is 42.7 Å². The third kappa shape index (κ3) is 4.95. The van der Waals surface area contributed by atoms with Gasteiger partial charge in [0.1, 0.15) is 11.9 Å². The number of anilines is 2. The average molecular weight is 410 g/mol. The van der Waals surface area contributed by atoms with Crippen molar-refractivity contribution in [1.29, 1.82) is 5.26 Å². The van der Waals surface area contributed by atoms with Gasteiger partial charge in [0.15, 0.2) is 0 Å². The van der Waals surface area contributed by atoms with Crippen molar-refractivity contribution in [2.45, 2.75) is 13.8 Å². The first-order valence-corrected chi connectivity index (χ1v) is 9.54. The molecule has 3 rings (SSSR count). The summed E-state index contributed by atoms with van der Waals surface area (Å²) in [7, 11) is 0. The van der Waals surface area contributed by atoms with Crippen molar-refractivity contribution in [3.8, 4) is 17.3 Å². The zero-order chi connectivity index (χ0) is 22.4. The Bertz CT molecular complexity index is 1320. The number of nitrogens with one attached hydrogen (secondary N) is 2. The van der Waals surface area contributed by atoms with Crippen LogP contribution < -0.4 is 26.8 Å². The Morgan fingerprint density at radius 3 is 2.77 bits per heavy atom. The number of aromatic nitrogens is 2. The first-order valence-electron chi connectivity index (χ1n) is 9.54. The molecule has 7 nitrogen and oxygen atoms in total. The second-order valence-electron chi connectivity index (χ2n) is 6.78. The van der Waals surface area contributed by atoms with Crippen molar-refractivity contribution in [3.63, 3.8) is 0 Å². The van der Waals surface area contributed by atoms with E-state index in [4.69, 9.17) is 11.0 Å². The van der Waals surface area contributed by atoms with Crippen LogP contribution in [0, 0.1) is 18.3 Å². The molecule has 0 aliphatic carbocycles. The van der Waals surface area contributed by atoms with E-state index in [9.17, 15) is 4.79 Å². The first kappa shape index (κ1) is 21.3. The summed E-state index contributed by atoms with van der Waals surface area (Å²) in [6.07, 6.45) is 7.03. The molecule has 31 heavy (non-hydrogen) atoms. The number of pyridine rings is 2. The van der Waals surface area contributed by atoms with Gasteiger partial charge < -0.3 is 16.4 Å². The molecule has 7 heteroatoms. The molecule has 0 aliphatic rings. The predicted octanol–water partition coefficient (Wildman–Crippen LogP) is 2.82. The van der Waals surface area contributed by atoms with Gasteiger partial charge in [-0.05, 0) is 55.0 Å². The van der Waals surface area contributed by atoms with Crippen LogP contribution in [0.4, 0.5) is 16.3 Å². The molecule has 0 unspecified atom stereocenters. The molecule has 0 bridgehead atoms. The number of amides is 2. The molecule has 0 fully saturated rings. The molecule has 0 saturated heterocycles. The molecule has 0 aliphatic heterocycles. The predicted molar refractivity (Wildman–Crippen MR) is 123 cm³/mol. The van der Waals surface area contributed by atoms with Crippen LogP contribution in [-0.4, -0.2) is 16.0 Å². The molecule has 0 atom stereocenters. The van der Waals surface area contributed by atoms with Gasteiger partial charge in [-0.15, -0.1) is 0 Å². The summed E-state index contributed by atoms with van der Waals surface area (Å²) in [5, 5.41) is 16.0. The van der Waals surface area contributed by atoms with Crippen LogP contribution in [0.5, 0.6) is 0 Å². The largest absolute Gasteiger partial charge is 0.383 e. The number of nitrogens with zero attached hydrogens (tertiary/aromatic N) is 3. The lowest BCUT2D eigenvalue weighted by Crippen LogP contribution is -2.32. The lowest BCUT2D eigenvalue weighted by molar-refractivity contribution is 0.254. The van der Waals surface area contributed by atoms with Gasteiger partial charge in [-0.3, -0.25) is 4.98 Å². The molecule has 2 heterocycles. The zero-order valence-corrected chi connectivity index (χ0v) is 17.3. The molecule has 154 valence electrons. The summed E-state index contributed by atoms with van der Waals surface area (Å²) >= 11 is 0. The smallest absolute Gasteiger partial charge is 0.323 e. The van der Waals surface area contributed by atoms with E-state index in [0.29, 0.717) is 28.5 Å². The maximum absolute atomic E-state index is 12.4. The first-order chi connectivity index (χ1) is 14.9. The van der Waals surface area contributed by atoms with Gasteiger partial charge in [-0.25, -0.2) is 9.78 Å². The lowest BCUT2D eigenvalue weighted by atomic mass is 10.1. The van der Waals surface area contributed by atoms with Crippen molar-refractivity contribution in [2.24, 2.45) is 0 Å². The van der Waals surface area contributed by atoms with Crippen LogP contribution in [0.25, 0.3) is 23.4 Å². The van der Waals surface area contributed by atoms with Gasteiger partial charge in [0.2, 0.25) is 0 Å². The van der Waals surface area contributed by atoms with E-state index < -0.39 is 6.03 Å². The normalized spacial score (nSPS) is 11.6. The highest BCUT2D eigenvalue weighted by atomic mass is 16.2. The van der Waals surface area contributed by atoms with E-state index in [1.165, 1.54) is 0 Å². The van der Waals surface area contributed by atoms with E-state index in [-0.39, 0.29) is 0 Å². The minimum Gasteiger partial charge on any atom is -0.383 e. The Morgan fingerprint density at radius 1 is 1.29 bits per heavy atom. The van der Waals surface area contributed by atoms with Crippen LogP contribution >= 0.6 is 0 Å². The van der Waals surface area contributed by atoms with Crippen molar-refractivity contribution in [1.82, 2.24) is 15.3 Å². The average Bonchev–Trinajstić information content (AvgIpc) is 2.74. The number of benzene rings is 1. The molecule has 4 N–H and O–H groups in total. The third-order valence-electron chi connectivity index (χ3n) is 4.62. The summed E-state index contributed by atoms with van der Waals surface area (Å²) < 4.78 is 0. The number of hydrogen-bond donors (Lipinski definition) is 3. The number of urea groups is 1. The molecule has 2 aromatic heterocycles. The molecule has 0 spiro atoms. The quantitative estimate of drug-likeness (QED) is 0.611. The van der Waals surface area contributed by atoms with Crippen LogP contribution in [0.15, 0.2) is 61.1 Å². The molecular weight excluding hydrogens is 388 g/mol. The van der Waals surface area contributed by atoms with Crippen molar-refractivity contribution in [3.05, 3.63) is 82.6 Å². The number of carbonyl (C=O) groups is 1. The molecule has 0 saturated carbocycles. The highest BCUT2D eigenvalue weighted by molar-refractivity contribution is 5.92. The van der Waals surface area contributed by atoms with Gasteiger partial charge >= 0.3 is 6.03 Å². The summed E-state index contributed by atoms with van der Waals surface area (Å²) in [6, 6.07) is 12.1. The highest BCUT2D eigenvalue weighted by Crippen LogP contribution is 2.18. The second-order valence-corrected chi connectivity index (χ2v) is 6.78. The van der Waals surface area contributed by atoms with Crippen LogP contribution in [0.2, 0.25) is 0 Å². The molecule has 1 aromatic carbocycles. The van der Waals surface area contributed by atoms with E-state index in [2.05, 4.69) is 27.2 Å². The van der Waals surface area contributed by atoms with Crippen LogP contribution in [0.1, 0.15) is 18.1 Å². The van der Waals surface area contributed by atoms with Gasteiger partial charge in [0.05, 0.1) is 16.9 Å². The Kier molecular flexibility index (Phi) is 6.43. The standard InChI is InChI=1S/C24H22N6O/c1-4-19-18(12-22(29-23(19)26)20-14-27-10-9-15(20)2)11-16(3)28-24(31)30-21-8-6-5-7-17(21)13-25/h4-12,14H,3H2,1-2H3,(H2,26,29)(H2,28,30,31)/b18-11-,19-4+. The van der Waals surface area contributed by atoms with Crippen molar-refractivity contribution < 1.29 is 4.79 Å². The number of hydrogen-bond acceptors (Lipinski definition) is 5. The zero-order valence-electron chi connectivity index (χ0n) is 17.3. The van der Waals surface area contributed by atoms with E-state index >= 15 is 0 Å². The summed E-state index contributed by atoms with van der Waals surface area (Å²) in [6.45, 7) is 7.76. The molecule has 2 amide bonds. The number of nitrogens with two attached hydrogens (primary N) is 1. The minimum absolute atomic E-state index is 0.356. The summed E-state index contributed by atoms with van der Waals surface area (Å²) in [5.74, 6) is 0.370. The number of allylic oxidation sites excluding steroid dienone is 1. The third-order valence-corrected chi connectivity index (χ3v) is 4.62. The second kappa shape index (κ2) is 9.37. The topological polar surface area (TPSA) is 117 Å². The monoisotopic (exact) mass is 410 g/mol.